The lowest BCUT2D eigenvalue weighted by Gasteiger charge is -2.15. The van der Waals surface area contributed by atoms with Crippen molar-refractivity contribution in [2.75, 3.05) is 0 Å². The zero-order chi connectivity index (χ0) is 14.8. The average Bonchev–Trinajstić information content (AvgIpc) is 2.50. The highest BCUT2D eigenvalue weighted by molar-refractivity contribution is 9.09. The number of benzene rings is 3. The summed E-state index contributed by atoms with van der Waals surface area (Å²) in [6, 6.07) is 21.8. The Kier molecular flexibility index (Phi) is 4.12. The minimum Gasteiger partial charge on any atom is -0.0835 e. The molecule has 0 N–H and O–H groups in total. The van der Waals surface area contributed by atoms with Crippen molar-refractivity contribution in [2.24, 2.45) is 0 Å². The monoisotopic (exact) mass is 338 g/mol. The van der Waals surface area contributed by atoms with E-state index in [0.29, 0.717) is 4.83 Å². The summed E-state index contributed by atoms with van der Waals surface area (Å²) in [4.78, 5) is 0.360. The summed E-state index contributed by atoms with van der Waals surface area (Å²) in [7, 11) is 0. The van der Waals surface area contributed by atoms with Crippen LogP contribution < -0.4 is 0 Å². The van der Waals surface area contributed by atoms with Crippen LogP contribution in [0.2, 0.25) is 0 Å². The molecule has 0 aliphatic heterocycles. The second-order valence-corrected chi connectivity index (χ2v) is 6.75. The number of halogens is 1. The third kappa shape index (κ3) is 3.03. The fraction of sp³-hybridized carbons (Fsp3) is 0.200. The number of hydrogen-bond donors (Lipinski definition) is 0. The van der Waals surface area contributed by atoms with Gasteiger partial charge in [0.15, 0.2) is 0 Å². The van der Waals surface area contributed by atoms with E-state index in [2.05, 4.69) is 90.4 Å². The van der Waals surface area contributed by atoms with Crippen molar-refractivity contribution in [1.29, 1.82) is 0 Å². The van der Waals surface area contributed by atoms with Gasteiger partial charge in [-0.3, -0.25) is 0 Å². The fourth-order valence-electron chi connectivity index (χ4n) is 2.80. The summed E-state index contributed by atoms with van der Waals surface area (Å²) in [5, 5.41) is 2.62. The predicted molar refractivity (Wildman–Crippen MR) is 95.2 cm³/mol. The second-order valence-electron chi connectivity index (χ2n) is 5.64. The Morgan fingerprint density at radius 2 is 1.62 bits per heavy atom. The Bertz CT molecular complexity index is 774. The molecule has 3 aromatic carbocycles. The maximum atomic E-state index is 3.87. The summed E-state index contributed by atoms with van der Waals surface area (Å²) >= 11 is 3.87. The van der Waals surface area contributed by atoms with Crippen molar-refractivity contribution >= 4 is 26.7 Å². The van der Waals surface area contributed by atoms with Crippen LogP contribution in [0.3, 0.4) is 0 Å². The molecule has 0 spiro atoms. The van der Waals surface area contributed by atoms with Crippen LogP contribution in [0, 0.1) is 13.8 Å². The summed E-state index contributed by atoms with van der Waals surface area (Å²) in [5.74, 6) is 0. The standard InChI is InChI=1S/C20H19Br/c1-14-6-5-9-19(15(14)2)20(21)13-16-10-11-17-7-3-4-8-18(17)12-16/h3-12,20H,13H2,1-2H3. The molecular formula is C20H19Br. The van der Waals surface area contributed by atoms with E-state index in [0.717, 1.165) is 6.42 Å². The third-order valence-corrected chi connectivity index (χ3v) is 5.03. The fourth-order valence-corrected chi connectivity index (χ4v) is 3.67. The van der Waals surface area contributed by atoms with E-state index < -0.39 is 0 Å². The molecule has 0 amide bonds. The number of alkyl halides is 1. The van der Waals surface area contributed by atoms with Gasteiger partial charge in [-0.2, -0.15) is 0 Å². The molecule has 0 saturated heterocycles. The number of aryl methyl sites for hydroxylation is 1. The van der Waals surface area contributed by atoms with Crippen molar-refractivity contribution < 1.29 is 0 Å². The third-order valence-electron chi connectivity index (χ3n) is 4.21. The van der Waals surface area contributed by atoms with Crippen molar-refractivity contribution in [3.05, 3.63) is 82.9 Å². The molecule has 0 aliphatic carbocycles. The molecule has 0 aliphatic rings. The first-order valence-corrected chi connectivity index (χ1v) is 8.24. The van der Waals surface area contributed by atoms with E-state index >= 15 is 0 Å². The molecule has 0 fully saturated rings. The molecule has 0 aromatic heterocycles. The molecule has 0 heterocycles. The molecule has 0 bridgehead atoms. The molecule has 1 heteroatoms. The van der Waals surface area contributed by atoms with Crippen molar-refractivity contribution in [3.8, 4) is 0 Å². The van der Waals surface area contributed by atoms with Gasteiger partial charge in [-0.1, -0.05) is 76.6 Å². The molecule has 0 nitrogen and oxygen atoms in total. The van der Waals surface area contributed by atoms with E-state index in [1.54, 1.807) is 0 Å². The van der Waals surface area contributed by atoms with Gasteiger partial charge in [0, 0.05) is 4.83 Å². The molecule has 106 valence electrons. The predicted octanol–water partition coefficient (Wildman–Crippen LogP) is 6.14. The molecule has 3 aromatic rings. The smallest absolute Gasteiger partial charge is 0.0438 e. The van der Waals surface area contributed by atoms with E-state index in [-0.39, 0.29) is 0 Å². The zero-order valence-corrected chi connectivity index (χ0v) is 14.0. The Labute approximate surface area is 134 Å². The first kappa shape index (κ1) is 14.3. The van der Waals surface area contributed by atoms with Gasteiger partial charge >= 0.3 is 0 Å². The van der Waals surface area contributed by atoms with Gasteiger partial charge in [-0.25, -0.2) is 0 Å². The van der Waals surface area contributed by atoms with Crippen LogP contribution in [0.5, 0.6) is 0 Å². The van der Waals surface area contributed by atoms with Crippen molar-refractivity contribution in [1.82, 2.24) is 0 Å². The molecule has 3 rings (SSSR count). The minimum absolute atomic E-state index is 0.360. The van der Waals surface area contributed by atoms with Crippen LogP contribution in [0.25, 0.3) is 10.8 Å². The highest BCUT2D eigenvalue weighted by Crippen LogP contribution is 2.31. The van der Waals surface area contributed by atoms with Gasteiger partial charge in [0.2, 0.25) is 0 Å². The van der Waals surface area contributed by atoms with Crippen LogP contribution in [0.4, 0.5) is 0 Å². The zero-order valence-electron chi connectivity index (χ0n) is 12.4. The van der Waals surface area contributed by atoms with Crippen LogP contribution >= 0.6 is 15.9 Å². The maximum Gasteiger partial charge on any atom is 0.0438 e. The Morgan fingerprint density at radius 1 is 0.857 bits per heavy atom. The quantitative estimate of drug-likeness (QED) is 0.503. The molecule has 0 radical (unpaired) electrons. The minimum atomic E-state index is 0.360. The maximum absolute atomic E-state index is 3.87. The average molecular weight is 339 g/mol. The molecule has 1 unspecified atom stereocenters. The molecule has 21 heavy (non-hydrogen) atoms. The van der Waals surface area contributed by atoms with E-state index in [4.69, 9.17) is 0 Å². The number of fused-ring (bicyclic) bond motifs is 1. The van der Waals surface area contributed by atoms with Gasteiger partial charge in [0.25, 0.3) is 0 Å². The van der Waals surface area contributed by atoms with Gasteiger partial charge in [0.1, 0.15) is 0 Å². The molecular weight excluding hydrogens is 320 g/mol. The second kappa shape index (κ2) is 6.03. The summed E-state index contributed by atoms with van der Waals surface area (Å²) in [6.07, 6.45) is 1.01. The van der Waals surface area contributed by atoms with Gasteiger partial charge in [-0.05, 0) is 53.3 Å². The Balaban J connectivity index is 1.89. The summed E-state index contributed by atoms with van der Waals surface area (Å²) in [6.45, 7) is 4.38. The first-order valence-electron chi connectivity index (χ1n) is 7.33. The number of rotatable bonds is 3. The van der Waals surface area contributed by atoms with Crippen LogP contribution in [-0.4, -0.2) is 0 Å². The number of hydrogen-bond acceptors (Lipinski definition) is 0. The van der Waals surface area contributed by atoms with Gasteiger partial charge in [-0.15, -0.1) is 0 Å². The van der Waals surface area contributed by atoms with Gasteiger partial charge in [0.05, 0.1) is 0 Å². The van der Waals surface area contributed by atoms with E-state index in [1.807, 2.05) is 0 Å². The Morgan fingerprint density at radius 3 is 2.43 bits per heavy atom. The lowest BCUT2D eigenvalue weighted by atomic mass is 9.96. The first-order chi connectivity index (χ1) is 10.1. The van der Waals surface area contributed by atoms with Crippen LogP contribution in [-0.2, 0) is 6.42 Å². The van der Waals surface area contributed by atoms with Crippen molar-refractivity contribution in [2.45, 2.75) is 25.1 Å². The Hall–Kier alpha value is -1.60. The van der Waals surface area contributed by atoms with Crippen LogP contribution in [0.1, 0.15) is 27.1 Å². The molecule has 1 atom stereocenters. The largest absolute Gasteiger partial charge is 0.0835 e. The highest BCUT2D eigenvalue weighted by atomic mass is 79.9. The normalized spacial score (nSPS) is 12.5. The van der Waals surface area contributed by atoms with Crippen molar-refractivity contribution in [3.63, 3.8) is 0 Å². The lowest BCUT2D eigenvalue weighted by Crippen LogP contribution is -1.99. The lowest BCUT2D eigenvalue weighted by molar-refractivity contribution is 0.936. The summed E-state index contributed by atoms with van der Waals surface area (Å²) < 4.78 is 0. The van der Waals surface area contributed by atoms with Gasteiger partial charge < -0.3 is 0 Å². The SMILES string of the molecule is Cc1cccc(C(Br)Cc2ccc3ccccc3c2)c1C. The molecule has 0 saturated carbocycles. The van der Waals surface area contributed by atoms with E-state index in [1.165, 1.54) is 33.0 Å². The van der Waals surface area contributed by atoms with E-state index in [9.17, 15) is 0 Å². The highest BCUT2D eigenvalue weighted by Gasteiger charge is 2.12. The van der Waals surface area contributed by atoms with Crippen LogP contribution in [0.15, 0.2) is 60.7 Å². The summed E-state index contributed by atoms with van der Waals surface area (Å²) in [5.41, 5.74) is 5.51. The topological polar surface area (TPSA) is 0 Å².